The maximum Gasteiger partial charge on any atom is 0.306 e. The van der Waals surface area contributed by atoms with E-state index < -0.39 is 17.9 Å². The molecule has 2 rings (SSSR count). The highest BCUT2D eigenvalue weighted by Crippen LogP contribution is 2.22. The average Bonchev–Trinajstić information content (AvgIpc) is 2.51. The van der Waals surface area contributed by atoms with Gasteiger partial charge in [-0.2, -0.15) is 0 Å². The minimum absolute atomic E-state index is 0.0603. The zero-order valence-electron chi connectivity index (χ0n) is 12.7. The zero-order valence-corrected chi connectivity index (χ0v) is 12.7. The Balaban J connectivity index is 1.93. The first-order valence-corrected chi connectivity index (χ1v) is 7.27. The number of β-lactam (4-membered cyclic amide) rings is 1. The summed E-state index contributed by atoms with van der Waals surface area (Å²) in [6, 6.07) is 8.93. The summed E-state index contributed by atoms with van der Waals surface area (Å²) in [5.74, 6) is -1.56. The van der Waals surface area contributed by atoms with Gasteiger partial charge in [0.2, 0.25) is 11.8 Å². The van der Waals surface area contributed by atoms with Crippen LogP contribution in [0.15, 0.2) is 30.3 Å². The second-order valence-electron chi connectivity index (χ2n) is 5.28. The molecule has 1 heterocycles. The molecular formula is C16H20N2O4. The smallest absolute Gasteiger partial charge is 0.306 e. The van der Waals surface area contributed by atoms with Gasteiger partial charge < -0.3 is 15.0 Å². The minimum Gasteiger partial charge on any atom is -0.466 e. The highest BCUT2D eigenvalue weighted by molar-refractivity contribution is 6.00. The van der Waals surface area contributed by atoms with Crippen molar-refractivity contribution in [2.45, 2.75) is 25.9 Å². The van der Waals surface area contributed by atoms with Crippen molar-refractivity contribution in [1.82, 2.24) is 10.2 Å². The van der Waals surface area contributed by atoms with Crippen molar-refractivity contribution >= 4 is 17.8 Å². The largest absolute Gasteiger partial charge is 0.466 e. The Kier molecular flexibility index (Phi) is 5.14. The standard InChI is InChI=1S/C16H20N2O4/c1-3-22-13(19)9-12-14(17-15(12)20)16(21)18(2)10-11-7-5-4-6-8-11/h4-8,12,14H,3,9-10H2,1-2H3,(H,17,20)/t12-,14-/m0/s1. The van der Waals surface area contributed by atoms with Gasteiger partial charge in [-0.3, -0.25) is 14.4 Å². The van der Waals surface area contributed by atoms with Gasteiger partial charge in [0.05, 0.1) is 18.9 Å². The first kappa shape index (κ1) is 16.0. The summed E-state index contributed by atoms with van der Waals surface area (Å²) in [4.78, 5) is 37.0. The summed E-state index contributed by atoms with van der Waals surface area (Å²) in [6.45, 7) is 2.42. The van der Waals surface area contributed by atoms with Gasteiger partial charge in [0.15, 0.2) is 0 Å². The van der Waals surface area contributed by atoms with Crippen molar-refractivity contribution in [2.24, 2.45) is 5.92 Å². The number of amides is 2. The molecule has 1 aromatic rings. The van der Waals surface area contributed by atoms with Crippen molar-refractivity contribution in [1.29, 1.82) is 0 Å². The van der Waals surface area contributed by atoms with Crippen molar-refractivity contribution in [3.8, 4) is 0 Å². The molecule has 22 heavy (non-hydrogen) atoms. The van der Waals surface area contributed by atoms with Gasteiger partial charge in [0.1, 0.15) is 6.04 Å². The average molecular weight is 304 g/mol. The molecule has 118 valence electrons. The van der Waals surface area contributed by atoms with Crippen LogP contribution in [-0.2, 0) is 25.7 Å². The lowest BCUT2D eigenvalue weighted by atomic mass is 9.86. The van der Waals surface area contributed by atoms with Crippen molar-refractivity contribution < 1.29 is 19.1 Å². The predicted molar refractivity (Wildman–Crippen MR) is 79.6 cm³/mol. The first-order valence-electron chi connectivity index (χ1n) is 7.27. The second kappa shape index (κ2) is 7.06. The van der Waals surface area contributed by atoms with E-state index in [9.17, 15) is 14.4 Å². The quantitative estimate of drug-likeness (QED) is 0.620. The van der Waals surface area contributed by atoms with E-state index in [0.29, 0.717) is 6.54 Å². The van der Waals surface area contributed by atoms with Crippen LogP contribution in [0.3, 0.4) is 0 Å². The fraction of sp³-hybridized carbons (Fsp3) is 0.438. The number of esters is 1. The Morgan fingerprint density at radius 1 is 1.27 bits per heavy atom. The number of hydrogen-bond acceptors (Lipinski definition) is 4. The Bertz CT molecular complexity index is 559. The lowest BCUT2D eigenvalue weighted by Gasteiger charge is -2.37. The van der Waals surface area contributed by atoms with Crippen LogP contribution in [0.4, 0.5) is 0 Å². The molecule has 6 nitrogen and oxygen atoms in total. The van der Waals surface area contributed by atoms with E-state index in [1.807, 2.05) is 30.3 Å². The number of hydrogen-bond donors (Lipinski definition) is 1. The second-order valence-corrected chi connectivity index (χ2v) is 5.28. The number of ether oxygens (including phenoxy) is 1. The Labute approximate surface area is 129 Å². The predicted octanol–water partition coefficient (Wildman–Crippen LogP) is 0.713. The van der Waals surface area contributed by atoms with E-state index in [4.69, 9.17) is 4.74 Å². The molecule has 1 fully saturated rings. The molecule has 1 N–H and O–H groups in total. The van der Waals surface area contributed by atoms with E-state index in [1.165, 1.54) is 0 Å². The molecule has 0 aromatic heterocycles. The van der Waals surface area contributed by atoms with Crippen LogP contribution in [0, 0.1) is 5.92 Å². The Hall–Kier alpha value is -2.37. The zero-order chi connectivity index (χ0) is 16.1. The molecule has 0 bridgehead atoms. The van der Waals surface area contributed by atoms with Crippen LogP contribution in [0.5, 0.6) is 0 Å². The SMILES string of the molecule is CCOC(=O)C[C@@H]1C(=O)N[C@@H]1C(=O)N(C)Cc1ccccc1. The fourth-order valence-electron chi connectivity index (χ4n) is 2.43. The van der Waals surface area contributed by atoms with Crippen LogP contribution < -0.4 is 5.32 Å². The van der Waals surface area contributed by atoms with E-state index in [0.717, 1.165) is 5.56 Å². The number of rotatable bonds is 6. The molecule has 0 aliphatic carbocycles. The topological polar surface area (TPSA) is 75.7 Å². The van der Waals surface area contributed by atoms with Gasteiger partial charge in [-0.15, -0.1) is 0 Å². The molecular weight excluding hydrogens is 284 g/mol. The molecule has 1 aliphatic heterocycles. The minimum atomic E-state index is -0.648. The normalized spacial score (nSPS) is 19.8. The van der Waals surface area contributed by atoms with Crippen LogP contribution >= 0.6 is 0 Å². The number of nitrogens with one attached hydrogen (secondary N) is 1. The van der Waals surface area contributed by atoms with Gasteiger partial charge in [-0.1, -0.05) is 30.3 Å². The van der Waals surface area contributed by atoms with E-state index in [2.05, 4.69) is 5.32 Å². The van der Waals surface area contributed by atoms with Gasteiger partial charge in [-0.25, -0.2) is 0 Å². The van der Waals surface area contributed by atoms with Gasteiger partial charge >= 0.3 is 5.97 Å². The summed E-state index contributed by atoms with van der Waals surface area (Å²) < 4.78 is 4.84. The monoisotopic (exact) mass is 304 g/mol. The third kappa shape index (κ3) is 3.63. The van der Waals surface area contributed by atoms with Crippen molar-refractivity contribution in [3.05, 3.63) is 35.9 Å². The number of carbonyl (C=O) groups is 3. The van der Waals surface area contributed by atoms with Crippen LogP contribution in [0.2, 0.25) is 0 Å². The fourth-order valence-corrected chi connectivity index (χ4v) is 2.43. The Morgan fingerprint density at radius 3 is 2.55 bits per heavy atom. The van der Waals surface area contributed by atoms with Crippen molar-refractivity contribution in [3.63, 3.8) is 0 Å². The van der Waals surface area contributed by atoms with Gasteiger partial charge in [-0.05, 0) is 12.5 Å². The maximum absolute atomic E-state index is 12.4. The highest BCUT2D eigenvalue weighted by Gasteiger charge is 2.46. The summed E-state index contributed by atoms with van der Waals surface area (Å²) in [5.41, 5.74) is 1.01. The van der Waals surface area contributed by atoms with E-state index in [-0.39, 0.29) is 24.8 Å². The lowest BCUT2D eigenvalue weighted by Crippen LogP contribution is -2.64. The van der Waals surface area contributed by atoms with Gasteiger partial charge in [0.25, 0.3) is 0 Å². The number of likely N-dealkylation sites (N-methyl/N-ethyl adjacent to an activating group) is 1. The molecule has 0 unspecified atom stereocenters. The summed E-state index contributed by atoms with van der Waals surface area (Å²) >= 11 is 0. The van der Waals surface area contributed by atoms with Gasteiger partial charge in [0, 0.05) is 13.6 Å². The number of benzene rings is 1. The molecule has 2 amide bonds. The molecule has 6 heteroatoms. The van der Waals surface area contributed by atoms with Crippen LogP contribution in [0.25, 0.3) is 0 Å². The van der Waals surface area contributed by atoms with E-state index in [1.54, 1.807) is 18.9 Å². The molecule has 0 saturated carbocycles. The molecule has 1 aliphatic rings. The number of carbonyl (C=O) groups excluding carboxylic acids is 3. The molecule has 0 radical (unpaired) electrons. The summed E-state index contributed by atoms with van der Waals surface area (Å²) in [5, 5.41) is 2.57. The van der Waals surface area contributed by atoms with Crippen molar-refractivity contribution in [2.75, 3.05) is 13.7 Å². The third-order valence-electron chi connectivity index (χ3n) is 3.63. The molecule has 1 aromatic carbocycles. The summed E-state index contributed by atoms with van der Waals surface area (Å²) in [6.07, 6.45) is -0.0603. The maximum atomic E-state index is 12.4. The first-order chi connectivity index (χ1) is 10.5. The van der Waals surface area contributed by atoms with Crippen LogP contribution in [-0.4, -0.2) is 42.4 Å². The summed E-state index contributed by atoms with van der Waals surface area (Å²) in [7, 11) is 1.68. The lowest BCUT2D eigenvalue weighted by molar-refractivity contribution is -0.155. The third-order valence-corrected chi connectivity index (χ3v) is 3.63. The molecule has 0 spiro atoms. The highest BCUT2D eigenvalue weighted by atomic mass is 16.5. The van der Waals surface area contributed by atoms with E-state index >= 15 is 0 Å². The molecule has 2 atom stereocenters. The Morgan fingerprint density at radius 2 is 1.95 bits per heavy atom. The molecule has 1 saturated heterocycles. The number of nitrogens with zero attached hydrogens (tertiary/aromatic N) is 1. The van der Waals surface area contributed by atoms with Crippen LogP contribution in [0.1, 0.15) is 18.9 Å².